The van der Waals surface area contributed by atoms with Crippen molar-refractivity contribution in [2.45, 2.75) is 33.1 Å². The largest absolute Gasteiger partial charge is 0.381 e. The predicted octanol–water partition coefficient (Wildman–Crippen LogP) is 2.03. The van der Waals surface area contributed by atoms with Crippen LogP contribution in [0.1, 0.15) is 33.1 Å². The quantitative estimate of drug-likeness (QED) is 0.634. The van der Waals surface area contributed by atoms with E-state index in [0.717, 1.165) is 32.5 Å². The average Bonchev–Trinajstić information content (AvgIpc) is 2.30. The third-order valence-corrected chi connectivity index (χ3v) is 2.84. The fraction of sp³-hybridized carbons (Fsp3) is 0.900. The third-order valence-electron chi connectivity index (χ3n) is 2.84. The van der Waals surface area contributed by atoms with E-state index in [0.29, 0.717) is 11.7 Å². The van der Waals surface area contributed by atoms with Crippen LogP contribution >= 0.6 is 0 Å². The molecular weight excluding hydrogens is 152 g/mol. The summed E-state index contributed by atoms with van der Waals surface area (Å²) in [5.41, 5.74) is 0. The van der Waals surface area contributed by atoms with Gasteiger partial charge in [0.25, 0.3) is 0 Å². The monoisotopic (exact) mass is 170 g/mol. The van der Waals surface area contributed by atoms with Crippen LogP contribution in [0.15, 0.2) is 0 Å². The lowest BCUT2D eigenvalue weighted by atomic mass is 9.85. The molecule has 0 radical (unpaired) electrons. The van der Waals surface area contributed by atoms with Gasteiger partial charge in [0.15, 0.2) is 0 Å². The molecule has 2 unspecified atom stereocenters. The summed E-state index contributed by atoms with van der Waals surface area (Å²) >= 11 is 0. The van der Waals surface area contributed by atoms with Crippen molar-refractivity contribution in [3.63, 3.8) is 0 Å². The lowest BCUT2D eigenvalue weighted by Gasteiger charge is -2.18. The number of carbonyl (C=O) groups excluding carboxylic acids is 1. The van der Waals surface area contributed by atoms with E-state index in [2.05, 4.69) is 0 Å². The number of ether oxygens (including phenoxy) is 1. The van der Waals surface area contributed by atoms with Crippen molar-refractivity contribution in [1.29, 1.82) is 0 Å². The molecule has 2 atom stereocenters. The molecule has 1 rings (SSSR count). The van der Waals surface area contributed by atoms with E-state index in [9.17, 15) is 4.79 Å². The molecule has 2 nitrogen and oxygen atoms in total. The second-order valence-electron chi connectivity index (χ2n) is 3.70. The fourth-order valence-corrected chi connectivity index (χ4v) is 1.76. The van der Waals surface area contributed by atoms with Gasteiger partial charge in [-0.2, -0.15) is 0 Å². The molecule has 0 N–H and O–H groups in total. The molecule has 0 bridgehead atoms. The van der Waals surface area contributed by atoms with Gasteiger partial charge in [0.2, 0.25) is 0 Å². The first-order valence-corrected chi connectivity index (χ1v) is 4.80. The lowest BCUT2D eigenvalue weighted by molar-refractivity contribution is -0.121. The Hall–Kier alpha value is -0.370. The minimum Gasteiger partial charge on any atom is -0.381 e. The maximum absolute atomic E-state index is 11.1. The Morgan fingerprint density at radius 2 is 2.17 bits per heavy atom. The normalized spacial score (nSPS) is 27.7. The Bertz CT molecular complexity index is 146. The molecule has 0 saturated carbocycles. The highest BCUT2D eigenvalue weighted by molar-refractivity contribution is 5.78. The minimum atomic E-state index is 0.228. The first-order chi connectivity index (χ1) is 5.72. The summed E-state index contributed by atoms with van der Waals surface area (Å²) in [6.45, 7) is 5.44. The fourth-order valence-electron chi connectivity index (χ4n) is 1.76. The Kier molecular flexibility index (Phi) is 3.73. The third kappa shape index (κ3) is 2.59. The van der Waals surface area contributed by atoms with Crippen molar-refractivity contribution < 1.29 is 9.53 Å². The van der Waals surface area contributed by atoms with Gasteiger partial charge in [-0.1, -0.05) is 6.92 Å². The van der Waals surface area contributed by atoms with Crippen molar-refractivity contribution in [2.24, 2.45) is 11.8 Å². The summed E-state index contributed by atoms with van der Waals surface area (Å²) in [7, 11) is 0. The molecule has 1 heterocycles. The maximum Gasteiger partial charge on any atom is 0.132 e. The molecule has 0 aromatic carbocycles. The molecule has 0 aromatic rings. The molecule has 0 aliphatic carbocycles. The minimum absolute atomic E-state index is 0.228. The van der Waals surface area contributed by atoms with E-state index < -0.39 is 0 Å². The van der Waals surface area contributed by atoms with Crippen molar-refractivity contribution in [3.8, 4) is 0 Å². The number of ketones is 1. The van der Waals surface area contributed by atoms with E-state index >= 15 is 0 Å². The Labute approximate surface area is 74.3 Å². The van der Waals surface area contributed by atoms with E-state index in [-0.39, 0.29) is 5.92 Å². The van der Waals surface area contributed by atoms with E-state index in [4.69, 9.17) is 4.74 Å². The molecule has 70 valence electrons. The summed E-state index contributed by atoms with van der Waals surface area (Å²) in [5.74, 6) is 1.11. The summed E-state index contributed by atoms with van der Waals surface area (Å²) in [5, 5.41) is 0. The van der Waals surface area contributed by atoms with Crippen molar-refractivity contribution >= 4 is 5.78 Å². The zero-order valence-corrected chi connectivity index (χ0v) is 8.01. The van der Waals surface area contributed by atoms with Gasteiger partial charge in [-0.25, -0.2) is 0 Å². The predicted molar refractivity (Wildman–Crippen MR) is 48.0 cm³/mol. The summed E-state index contributed by atoms with van der Waals surface area (Å²) in [6.07, 6.45) is 3.32. The van der Waals surface area contributed by atoms with Crippen molar-refractivity contribution in [3.05, 3.63) is 0 Å². The van der Waals surface area contributed by atoms with Gasteiger partial charge in [0, 0.05) is 19.1 Å². The Balaban J connectivity index is 2.42. The molecule has 1 fully saturated rings. The highest BCUT2D eigenvalue weighted by Gasteiger charge is 2.21. The van der Waals surface area contributed by atoms with Crippen LogP contribution in [0.2, 0.25) is 0 Å². The van der Waals surface area contributed by atoms with Crippen LogP contribution in [0.4, 0.5) is 0 Å². The molecule has 1 saturated heterocycles. The van der Waals surface area contributed by atoms with Gasteiger partial charge in [-0.15, -0.1) is 0 Å². The molecule has 0 spiro atoms. The van der Waals surface area contributed by atoms with Gasteiger partial charge in [-0.05, 0) is 32.1 Å². The van der Waals surface area contributed by atoms with Crippen LogP contribution in [-0.2, 0) is 9.53 Å². The number of rotatable bonds is 2. The first-order valence-electron chi connectivity index (χ1n) is 4.80. The molecule has 0 amide bonds. The van der Waals surface area contributed by atoms with Crippen LogP contribution in [0.25, 0.3) is 0 Å². The van der Waals surface area contributed by atoms with Crippen LogP contribution in [0.5, 0.6) is 0 Å². The molecule has 1 aliphatic heterocycles. The van der Waals surface area contributed by atoms with Crippen LogP contribution in [0, 0.1) is 11.8 Å². The molecule has 0 aromatic heterocycles. The van der Waals surface area contributed by atoms with Crippen molar-refractivity contribution in [2.75, 3.05) is 13.2 Å². The summed E-state index contributed by atoms with van der Waals surface area (Å²) in [6, 6.07) is 0. The SMILES string of the molecule is CC(=O)C(C)C1CCCOCC1. The van der Waals surface area contributed by atoms with E-state index in [1.807, 2.05) is 6.92 Å². The standard InChI is InChI=1S/C10H18O2/c1-8(9(2)11)10-4-3-6-12-7-5-10/h8,10H,3-7H2,1-2H3. The smallest absolute Gasteiger partial charge is 0.132 e. The zero-order chi connectivity index (χ0) is 8.97. The second kappa shape index (κ2) is 4.61. The summed E-state index contributed by atoms with van der Waals surface area (Å²) in [4.78, 5) is 11.1. The van der Waals surface area contributed by atoms with Crippen LogP contribution in [-0.4, -0.2) is 19.0 Å². The van der Waals surface area contributed by atoms with E-state index in [1.54, 1.807) is 6.92 Å². The Morgan fingerprint density at radius 1 is 1.42 bits per heavy atom. The van der Waals surface area contributed by atoms with Gasteiger partial charge in [-0.3, -0.25) is 4.79 Å². The van der Waals surface area contributed by atoms with Gasteiger partial charge < -0.3 is 4.74 Å². The van der Waals surface area contributed by atoms with Gasteiger partial charge in [0.05, 0.1) is 0 Å². The highest BCUT2D eigenvalue weighted by atomic mass is 16.5. The number of hydrogen-bond donors (Lipinski definition) is 0. The Morgan fingerprint density at radius 3 is 2.83 bits per heavy atom. The maximum atomic E-state index is 11.1. The zero-order valence-electron chi connectivity index (χ0n) is 8.01. The number of hydrogen-bond acceptors (Lipinski definition) is 2. The number of carbonyl (C=O) groups is 1. The van der Waals surface area contributed by atoms with Crippen LogP contribution in [0.3, 0.4) is 0 Å². The highest BCUT2D eigenvalue weighted by Crippen LogP contribution is 2.24. The average molecular weight is 170 g/mol. The lowest BCUT2D eigenvalue weighted by Crippen LogP contribution is -2.18. The summed E-state index contributed by atoms with van der Waals surface area (Å²) < 4.78 is 5.34. The molecule has 1 aliphatic rings. The van der Waals surface area contributed by atoms with Crippen molar-refractivity contribution in [1.82, 2.24) is 0 Å². The molecular formula is C10H18O2. The van der Waals surface area contributed by atoms with Gasteiger partial charge >= 0.3 is 0 Å². The second-order valence-corrected chi connectivity index (χ2v) is 3.70. The van der Waals surface area contributed by atoms with Crippen LogP contribution < -0.4 is 0 Å². The van der Waals surface area contributed by atoms with E-state index in [1.165, 1.54) is 0 Å². The first kappa shape index (κ1) is 9.72. The molecule has 12 heavy (non-hydrogen) atoms. The topological polar surface area (TPSA) is 26.3 Å². The molecule has 2 heteroatoms. The van der Waals surface area contributed by atoms with Gasteiger partial charge in [0.1, 0.15) is 5.78 Å². The number of Topliss-reactive ketones (excluding diaryl/α,β-unsaturated/α-hetero) is 1.